The molecule has 200 valence electrons. The average Bonchev–Trinajstić information content (AvgIpc) is 3.49. The smallest absolute Gasteiger partial charge is 0.301 e. The predicted molar refractivity (Wildman–Crippen MR) is 148 cm³/mol. The van der Waals surface area contributed by atoms with E-state index in [-0.39, 0.29) is 11.3 Å². The molecule has 0 spiro atoms. The quantitative estimate of drug-likeness (QED) is 0.190. The van der Waals surface area contributed by atoms with Crippen LogP contribution >= 0.6 is 11.3 Å². The van der Waals surface area contributed by atoms with Gasteiger partial charge < -0.3 is 24.1 Å². The van der Waals surface area contributed by atoms with Crippen LogP contribution in [0, 0.1) is 6.92 Å². The monoisotopic (exact) mass is 546 g/mol. The van der Waals surface area contributed by atoms with Gasteiger partial charge >= 0.3 is 5.91 Å². The second kappa shape index (κ2) is 10.3. The lowest BCUT2D eigenvalue weighted by molar-refractivity contribution is -0.132. The van der Waals surface area contributed by atoms with Crippen LogP contribution in [0.4, 0.5) is 5.13 Å². The van der Waals surface area contributed by atoms with E-state index < -0.39 is 17.7 Å². The van der Waals surface area contributed by atoms with E-state index in [1.54, 1.807) is 62.8 Å². The molecule has 1 fully saturated rings. The van der Waals surface area contributed by atoms with Gasteiger partial charge in [-0.3, -0.25) is 14.5 Å². The SMILES string of the molecule is COc1ccc2nc(N3C(=O)C(=O)/C(=C(/O)c4ccc(OC)c(C)c4)C3c3ccc(OC)c(OC)c3)sc2c1. The molecule has 1 unspecified atom stereocenters. The largest absolute Gasteiger partial charge is 0.507 e. The molecule has 3 aromatic carbocycles. The Hall–Kier alpha value is -4.57. The number of fused-ring (bicyclic) bond motifs is 1. The fourth-order valence-electron chi connectivity index (χ4n) is 4.67. The number of aryl methyl sites for hydroxylation is 1. The van der Waals surface area contributed by atoms with Crippen molar-refractivity contribution in [2.24, 2.45) is 0 Å². The number of thiazole rings is 1. The molecule has 0 radical (unpaired) electrons. The molecule has 39 heavy (non-hydrogen) atoms. The Bertz CT molecular complexity index is 1640. The van der Waals surface area contributed by atoms with Gasteiger partial charge in [-0.1, -0.05) is 17.4 Å². The Morgan fingerprint density at radius 2 is 1.59 bits per heavy atom. The van der Waals surface area contributed by atoms with Crippen LogP contribution in [0.3, 0.4) is 0 Å². The fraction of sp³-hybridized carbons (Fsp3) is 0.207. The van der Waals surface area contributed by atoms with E-state index in [1.165, 1.54) is 30.5 Å². The van der Waals surface area contributed by atoms with Gasteiger partial charge in [0.05, 0.1) is 50.3 Å². The lowest BCUT2D eigenvalue weighted by Gasteiger charge is -2.23. The molecule has 1 aliphatic rings. The Balaban J connectivity index is 1.74. The summed E-state index contributed by atoms with van der Waals surface area (Å²) in [6.07, 6.45) is 0. The molecule has 1 N–H and O–H groups in total. The summed E-state index contributed by atoms with van der Waals surface area (Å²) in [5, 5.41) is 11.8. The van der Waals surface area contributed by atoms with E-state index in [2.05, 4.69) is 4.98 Å². The first-order valence-corrected chi connectivity index (χ1v) is 12.8. The number of amides is 1. The molecule has 0 saturated carbocycles. The van der Waals surface area contributed by atoms with Crippen LogP contribution in [0.1, 0.15) is 22.7 Å². The fourth-order valence-corrected chi connectivity index (χ4v) is 5.69. The number of aliphatic hydroxyl groups is 1. The third-order valence-corrected chi connectivity index (χ3v) is 7.64. The Kier molecular flexibility index (Phi) is 6.88. The van der Waals surface area contributed by atoms with Gasteiger partial charge in [0.15, 0.2) is 16.6 Å². The molecule has 0 bridgehead atoms. The highest BCUT2D eigenvalue weighted by molar-refractivity contribution is 7.22. The van der Waals surface area contributed by atoms with Crippen LogP contribution in [0.5, 0.6) is 23.0 Å². The van der Waals surface area contributed by atoms with E-state index in [4.69, 9.17) is 18.9 Å². The maximum atomic E-state index is 13.6. The van der Waals surface area contributed by atoms with Crippen molar-refractivity contribution in [2.45, 2.75) is 13.0 Å². The number of carbonyl (C=O) groups excluding carboxylic acids is 2. The van der Waals surface area contributed by atoms with E-state index >= 15 is 0 Å². The number of aliphatic hydroxyl groups excluding tert-OH is 1. The van der Waals surface area contributed by atoms with Crippen molar-refractivity contribution in [1.29, 1.82) is 0 Å². The molecular weight excluding hydrogens is 520 g/mol. The number of methoxy groups -OCH3 is 4. The van der Waals surface area contributed by atoms with Crippen molar-refractivity contribution in [2.75, 3.05) is 33.3 Å². The van der Waals surface area contributed by atoms with Gasteiger partial charge in [-0.05, 0) is 66.6 Å². The van der Waals surface area contributed by atoms with Crippen LogP contribution in [-0.4, -0.2) is 50.2 Å². The normalized spacial score (nSPS) is 16.5. The first kappa shape index (κ1) is 26.1. The van der Waals surface area contributed by atoms with Gasteiger partial charge in [0.2, 0.25) is 0 Å². The summed E-state index contributed by atoms with van der Waals surface area (Å²) in [7, 11) is 6.14. The first-order chi connectivity index (χ1) is 18.8. The van der Waals surface area contributed by atoms with Crippen LogP contribution in [0.2, 0.25) is 0 Å². The Morgan fingerprint density at radius 1 is 0.872 bits per heavy atom. The summed E-state index contributed by atoms with van der Waals surface area (Å²) >= 11 is 1.25. The van der Waals surface area contributed by atoms with Crippen molar-refractivity contribution in [3.8, 4) is 23.0 Å². The number of carbonyl (C=O) groups is 2. The number of Topliss-reactive ketones (excluding diaryl/α,β-unsaturated/α-hetero) is 1. The van der Waals surface area contributed by atoms with Gasteiger partial charge in [0.1, 0.15) is 17.3 Å². The molecule has 2 heterocycles. The zero-order valence-corrected chi connectivity index (χ0v) is 22.8. The number of hydrogen-bond donors (Lipinski definition) is 1. The molecule has 1 amide bonds. The molecule has 1 aliphatic heterocycles. The molecule has 1 aromatic heterocycles. The molecule has 0 aliphatic carbocycles. The molecule has 5 rings (SSSR count). The average molecular weight is 547 g/mol. The van der Waals surface area contributed by atoms with Crippen molar-refractivity contribution in [3.63, 3.8) is 0 Å². The van der Waals surface area contributed by atoms with Crippen molar-refractivity contribution < 1.29 is 33.6 Å². The zero-order chi connectivity index (χ0) is 27.8. The maximum Gasteiger partial charge on any atom is 0.301 e. The number of ether oxygens (including phenoxy) is 4. The number of anilines is 1. The van der Waals surface area contributed by atoms with Gasteiger partial charge in [0, 0.05) is 5.56 Å². The van der Waals surface area contributed by atoms with Crippen molar-refractivity contribution in [1.82, 2.24) is 4.98 Å². The molecule has 9 nitrogen and oxygen atoms in total. The van der Waals surface area contributed by atoms with E-state index in [1.807, 2.05) is 13.0 Å². The number of aromatic nitrogens is 1. The van der Waals surface area contributed by atoms with Crippen LogP contribution in [0.25, 0.3) is 16.0 Å². The standard InChI is InChI=1S/C29H26N2O7S/c1-15-12-17(7-10-20(15)36-3)26(32)24-25(16-6-11-21(37-4)22(13-16)38-5)31(28(34)27(24)33)29-30-19-9-8-18(35-2)14-23(19)39-29/h6-14,25,32H,1-5H3/b26-24+. The lowest BCUT2D eigenvalue weighted by atomic mass is 9.94. The van der Waals surface area contributed by atoms with Crippen molar-refractivity contribution in [3.05, 3.63) is 76.9 Å². The van der Waals surface area contributed by atoms with Gasteiger partial charge in [-0.2, -0.15) is 0 Å². The summed E-state index contributed by atoms with van der Waals surface area (Å²) in [6.45, 7) is 1.83. The molecule has 10 heteroatoms. The minimum absolute atomic E-state index is 0.0615. The van der Waals surface area contributed by atoms with Crippen molar-refractivity contribution >= 4 is 44.1 Å². The highest BCUT2D eigenvalue weighted by Gasteiger charge is 2.48. The van der Waals surface area contributed by atoms with Gasteiger partial charge in [-0.15, -0.1) is 0 Å². The third kappa shape index (κ3) is 4.42. The molecule has 1 atom stereocenters. The Labute approximate surface area is 228 Å². The highest BCUT2D eigenvalue weighted by atomic mass is 32.1. The molecular formula is C29H26N2O7S. The van der Waals surface area contributed by atoms with Gasteiger partial charge in [0.25, 0.3) is 5.78 Å². The van der Waals surface area contributed by atoms with E-state index in [0.29, 0.717) is 44.8 Å². The topological polar surface area (TPSA) is 107 Å². The summed E-state index contributed by atoms with van der Waals surface area (Å²) in [5.41, 5.74) is 2.27. The first-order valence-electron chi connectivity index (χ1n) is 11.9. The second-order valence-electron chi connectivity index (χ2n) is 8.80. The number of nitrogens with zero attached hydrogens (tertiary/aromatic N) is 2. The number of benzene rings is 3. The van der Waals surface area contributed by atoms with Crippen LogP contribution in [0.15, 0.2) is 60.2 Å². The number of ketones is 1. The lowest BCUT2D eigenvalue weighted by Crippen LogP contribution is -2.29. The number of hydrogen-bond acceptors (Lipinski definition) is 9. The van der Waals surface area contributed by atoms with E-state index in [9.17, 15) is 14.7 Å². The summed E-state index contributed by atoms with van der Waals surface area (Å²) < 4.78 is 22.3. The minimum Gasteiger partial charge on any atom is -0.507 e. The molecule has 1 saturated heterocycles. The van der Waals surface area contributed by atoms with Crippen LogP contribution < -0.4 is 23.8 Å². The predicted octanol–water partition coefficient (Wildman–Crippen LogP) is 5.27. The van der Waals surface area contributed by atoms with Crippen LogP contribution in [-0.2, 0) is 9.59 Å². The van der Waals surface area contributed by atoms with E-state index in [0.717, 1.165) is 10.3 Å². The highest BCUT2D eigenvalue weighted by Crippen LogP contribution is 2.46. The minimum atomic E-state index is -0.977. The van der Waals surface area contributed by atoms with Gasteiger partial charge in [-0.25, -0.2) is 4.98 Å². The molecule has 4 aromatic rings. The summed E-state index contributed by atoms with van der Waals surface area (Å²) in [4.78, 5) is 33.1. The second-order valence-corrected chi connectivity index (χ2v) is 9.81. The Morgan fingerprint density at radius 3 is 2.26 bits per heavy atom. The third-order valence-electron chi connectivity index (χ3n) is 6.63. The number of rotatable bonds is 7. The zero-order valence-electron chi connectivity index (χ0n) is 22.0. The summed E-state index contributed by atoms with van der Waals surface area (Å²) in [5.74, 6) is 0.250. The summed E-state index contributed by atoms with van der Waals surface area (Å²) in [6, 6.07) is 14.6. The maximum absolute atomic E-state index is 13.6.